The highest BCUT2D eigenvalue weighted by Crippen LogP contribution is 2.07. The van der Waals surface area contributed by atoms with E-state index in [1.54, 1.807) is 0 Å². The summed E-state index contributed by atoms with van der Waals surface area (Å²) in [4.78, 5) is 0. The lowest BCUT2D eigenvalue weighted by atomic mass is 10.1. The van der Waals surface area contributed by atoms with Gasteiger partial charge in [-0.3, -0.25) is 0 Å². The molecule has 4 heteroatoms. The van der Waals surface area contributed by atoms with Crippen molar-refractivity contribution in [3.63, 3.8) is 0 Å². The Kier molecular flexibility index (Phi) is 12.7. The quantitative estimate of drug-likeness (QED) is 0.506. The Labute approximate surface area is 118 Å². The van der Waals surface area contributed by atoms with Crippen LogP contribution in [0.25, 0.3) is 0 Å². The molecule has 0 saturated heterocycles. The predicted molar refractivity (Wildman–Crippen MR) is 79.5 cm³/mol. The summed E-state index contributed by atoms with van der Waals surface area (Å²) < 4.78 is 11.0. The fraction of sp³-hybridized carbons (Fsp3) is 1.00. The monoisotopic (exact) mass is 275 g/mol. The molecule has 0 aliphatic heterocycles. The lowest BCUT2D eigenvalue weighted by Gasteiger charge is -2.18. The van der Waals surface area contributed by atoms with Crippen LogP contribution in [0, 0.1) is 5.92 Å². The van der Waals surface area contributed by atoms with Gasteiger partial charge in [-0.05, 0) is 38.6 Å². The van der Waals surface area contributed by atoms with Gasteiger partial charge in [0.25, 0.3) is 0 Å². The van der Waals surface area contributed by atoms with E-state index >= 15 is 0 Å². The van der Waals surface area contributed by atoms with Gasteiger partial charge in [0, 0.05) is 19.8 Å². The van der Waals surface area contributed by atoms with Gasteiger partial charge in [0.1, 0.15) is 0 Å². The molecule has 2 N–H and O–H groups in total. The SMILES string of the molecule is CCCOCCCNCC(O)COC(C)CC(C)C. The van der Waals surface area contributed by atoms with Crippen molar-refractivity contribution in [2.24, 2.45) is 5.92 Å². The Morgan fingerprint density at radius 2 is 1.89 bits per heavy atom. The molecule has 0 amide bonds. The maximum Gasteiger partial charge on any atom is 0.0897 e. The zero-order valence-electron chi connectivity index (χ0n) is 13.2. The smallest absolute Gasteiger partial charge is 0.0897 e. The molecule has 0 spiro atoms. The van der Waals surface area contributed by atoms with Gasteiger partial charge >= 0.3 is 0 Å². The average Bonchev–Trinajstić information content (AvgIpc) is 2.34. The van der Waals surface area contributed by atoms with Crippen LogP contribution in [0.1, 0.15) is 47.0 Å². The molecule has 0 radical (unpaired) electrons. The number of ether oxygens (including phenoxy) is 2. The predicted octanol–water partition coefficient (Wildman–Crippen LogP) is 2.20. The molecule has 0 rings (SSSR count). The number of hydrogen-bond acceptors (Lipinski definition) is 4. The molecule has 0 fully saturated rings. The first-order valence-corrected chi connectivity index (χ1v) is 7.64. The minimum absolute atomic E-state index is 0.220. The van der Waals surface area contributed by atoms with E-state index in [2.05, 4.69) is 33.0 Å². The Balaban J connectivity index is 3.32. The standard InChI is InChI=1S/C15H33NO3/c1-5-8-18-9-6-7-16-11-15(17)12-19-14(4)10-13(2)3/h13-17H,5-12H2,1-4H3. The van der Waals surface area contributed by atoms with Crippen molar-refractivity contribution in [2.45, 2.75) is 59.2 Å². The van der Waals surface area contributed by atoms with E-state index in [0.29, 0.717) is 19.1 Å². The summed E-state index contributed by atoms with van der Waals surface area (Å²) in [7, 11) is 0. The fourth-order valence-electron chi connectivity index (χ4n) is 1.88. The minimum Gasteiger partial charge on any atom is -0.389 e. The van der Waals surface area contributed by atoms with Crippen LogP contribution in [0.15, 0.2) is 0 Å². The van der Waals surface area contributed by atoms with E-state index in [4.69, 9.17) is 9.47 Å². The Bertz CT molecular complexity index is 188. The first-order chi connectivity index (χ1) is 9.06. The summed E-state index contributed by atoms with van der Waals surface area (Å²) >= 11 is 0. The molecule has 116 valence electrons. The molecule has 0 saturated carbocycles. The van der Waals surface area contributed by atoms with Gasteiger partial charge in [0.2, 0.25) is 0 Å². The second-order valence-corrected chi connectivity index (χ2v) is 5.60. The van der Waals surface area contributed by atoms with Crippen LogP contribution < -0.4 is 5.32 Å². The fourth-order valence-corrected chi connectivity index (χ4v) is 1.88. The molecular formula is C15H33NO3. The highest BCUT2D eigenvalue weighted by atomic mass is 16.5. The molecule has 0 aromatic carbocycles. The van der Waals surface area contributed by atoms with Crippen LogP contribution in [0.2, 0.25) is 0 Å². The minimum atomic E-state index is -0.425. The number of aliphatic hydroxyl groups excluding tert-OH is 1. The number of hydrogen-bond donors (Lipinski definition) is 2. The normalized spacial score (nSPS) is 14.8. The first-order valence-electron chi connectivity index (χ1n) is 7.64. The van der Waals surface area contributed by atoms with Crippen molar-refractivity contribution >= 4 is 0 Å². The van der Waals surface area contributed by atoms with Crippen molar-refractivity contribution in [1.29, 1.82) is 0 Å². The van der Waals surface area contributed by atoms with E-state index < -0.39 is 6.10 Å². The Hall–Kier alpha value is -0.160. The van der Waals surface area contributed by atoms with Crippen LogP contribution in [-0.4, -0.2) is 50.2 Å². The summed E-state index contributed by atoms with van der Waals surface area (Å²) in [6.45, 7) is 12.0. The van der Waals surface area contributed by atoms with Crippen molar-refractivity contribution in [2.75, 3.05) is 32.9 Å². The van der Waals surface area contributed by atoms with Gasteiger partial charge < -0.3 is 19.9 Å². The van der Waals surface area contributed by atoms with Crippen molar-refractivity contribution in [3.8, 4) is 0 Å². The molecule has 0 bridgehead atoms. The van der Waals surface area contributed by atoms with Crippen LogP contribution in [0.4, 0.5) is 0 Å². The molecule has 0 aromatic heterocycles. The maximum absolute atomic E-state index is 9.75. The van der Waals surface area contributed by atoms with Crippen molar-refractivity contribution in [3.05, 3.63) is 0 Å². The highest BCUT2D eigenvalue weighted by molar-refractivity contribution is 4.61. The molecule has 2 unspecified atom stereocenters. The van der Waals surface area contributed by atoms with Crippen molar-refractivity contribution in [1.82, 2.24) is 5.32 Å². The zero-order valence-corrected chi connectivity index (χ0v) is 13.2. The second-order valence-electron chi connectivity index (χ2n) is 5.60. The molecule has 0 aliphatic rings. The maximum atomic E-state index is 9.75. The van der Waals surface area contributed by atoms with Gasteiger partial charge in [-0.1, -0.05) is 20.8 Å². The second kappa shape index (κ2) is 12.9. The summed E-state index contributed by atoms with van der Waals surface area (Å²) in [6, 6.07) is 0. The van der Waals surface area contributed by atoms with Gasteiger partial charge in [0.15, 0.2) is 0 Å². The molecule has 19 heavy (non-hydrogen) atoms. The third kappa shape index (κ3) is 14.1. The Morgan fingerprint density at radius 3 is 2.53 bits per heavy atom. The highest BCUT2D eigenvalue weighted by Gasteiger charge is 2.09. The summed E-state index contributed by atoms with van der Waals surface area (Å²) in [5.74, 6) is 0.633. The van der Waals surface area contributed by atoms with Crippen LogP contribution >= 0.6 is 0 Å². The van der Waals surface area contributed by atoms with Crippen LogP contribution in [0.5, 0.6) is 0 Å². The van der Waals surface area contributed by atoms with E-state index in [1.807, 2.05) is 0 Å². The number of nitrogens with one attached hydrogen (secondary N) is 1. The number of rotatable bonds is 13. The van der Waals surface area contributed by atoms with Gasteiger partial charge in [0.05, 0.1) is 18.8 Å². The average molecular weight is 275 g/mol. The van der Waals surface area contributed by atoms with Gasteiger partial charge in [-0.25, -0.2) is 0 Å². The zero-order chi connectivity index (χ0) is 14.5. The van der Waals surface area contributed by atoms with E-state index in [1.165, 1.54) is 0 Å². The lowest BCUT2D eigenvalue weighted by Crippen LogP contribution is -2.32. The summed E-state index contributed by atoms with van der Waals surface area (Å²) in [5.41, 5.74) is 0. The molecule has 4 nitrogen and oxygen atoms in total. The third-order valence-corrected chi connectivity index (χ3v) is 2.75. The molecule has 0 heterocycles. The van der Waals surface area contributed by atoms with Gasteiger partial charge in [-0.2, -0.15) is 0 Å². The molecule has 0 aliphatic carbocycles. The summed E-state index contributed by atoms with van der Waals surface area (Å²) in [6.07, 6.45) is 2.88. The molecule has 2 atom stereocenters. The van der Waals surface area contributed by atoms with Gasteiger partial charge in [-0.15, -0.1) is 0 Å². The Morgan fingerprint density at radius 1 is 1.16 bits per heavy atom. The third-order valence-electron chi connectivity index (χ3n) is 2.75. The topological polar surface area (TPSA) is 50.7 Å². The molecule has 0 aromatic rings. The van der Waals surface area contributed by atoms with E-state index in [9.17, 15) is 5.11 Å². The van der Waals surface area contributed by atoms with Crippen molar-refractivity contribution < 1.29 is 14.6 Å². The largest absolute Gasteiger partial charge is 0.389 e. The van der Waals surface area contributed by atoms with Crippen LogP contribution in [0.3, 0.4) is 0 Å². The first kappa shape index (κ1) is 18.8. The lowest BCUT2D eigenvalue weighted by molar-refractivity contribution is -0.00856. The van der Waals surface area contributed by atoms with E-state index in [0.717, 1.165) is 39.0 Å². The summed E-state index contributed by atoms with van der Waals surface area (Å²) in [5, 5.41) is 13.0. The number of aliphatic hydroxyl groups is 1. The van der Waals surface area contributed by atoms with Crippen LogP contribution in [-0.2, 0) is 9.47 Å². The van der Waals surface area contributed by atoms with E-state index in [-0.39, 0.29) is 6.10 Å². The molecular weight excluding hydrogens is 242 g/mol.